The standard InChI is InChI=1S/C19H20N4O5S/c1-27-17-8-5-15(9-18(17)28-2)23-19(24)14(10-20)12-22-11-13-3-6-16(7-4-13)29(21,25)26/h3-9,12,22H,11H2,1-2H3,(H,23,24)(H2,21,25,26)/b14-12-. The molecule has 0 spiro atoms. The molecule has 2 aromatic carbocycles. The fourth-order valence-electron chi connectivity index (χ4n) is 2.33. The third-order valence-corrected chi connectivity index (χ3v) is 4.74. The van der Waals surface area contributed by atoms with Gasteiger partial charge < -0.3 is 20.1 Å². The van der Waals surface area contributed by atoms with Crippen LogP contribution < -0.4 is 25.2 Å². The molecule has 0 saturated heterocycles. The maximum Gasteiger partial charge on any atom is 0.267 e. The molecule has 29 heavy (non-hydrogen) atoms. The Morgan fingerprint density at radius 1 is 1.14 bits per heavy atom. The lowest BCUT2D eigenvalue weighted by atomic mass is 10.2. The van der Waals surface area contributed by atoms with Crippen molar-refractivity contribution in [3.05, 3.63) is 59.8 Å². The number of methoxy groups -OCH3 is 2. The highest BCUT2D eigenvalue weighted by atomic mass is 32.2. The molecule has 2 rings (SSSR count). The molecule has 0 atom stereocenters. The molecule has 0 radical (unpaired) electrons. The Morgan fingerprint density at radius 2 is 1.79 bits per heavy atom. The number of hydrogen-bond donors (Lipinski definition) is 3. The first-order valence-corrected chi connectivity index (χ1v) is 9.82. The number of sulfonamides is 1. The zero-order chi connectivity index (χ0) is 21.4. The normalized spacial score (nSPS) is 11.3. The van der Waals surface area contributed by atoms with Crippen LogP contribution in [0.2, 0.25) is 0 Å². The monoisotopic (exact) mass is 416 g/mol. The summed E-state index contributed by atoms with van der Waals surface area (Å²) in [5.41, 5.74) is 1.04. The maximum atomic E-state index is 12.3. The number of benzene rings is 2. The molecular formula is C19H20N4O5S. The Bertz CT molecular complexity index is 1060. The van der Waals surface area contributed by atoms with Crippen LogP contribution in [0.3, 0.4) is 0 Å². The minimum atomic E-state index is -3.75. The van der Waals surface area contributed by atoms with E-state index in [0.717, 1.165) is 5.56 Å². The van der Waals surface area contributed by atoms with Crippen molar-refractivity contribution in [2.45, 2.75) is 11.4 Å². The topological polar surface area (TPSA) is 144 Å². The number of amides is 1. The summed E-state index contributed by atoms with van der Waals surface area (Å²) < 4.78 is 32.8. The van der Waals surface area contributed by atoms with Gasteiger partial charge in [-0.15, -0.1) is 0 Å². The van der Waals surface area contributed by atoms with E-state index in [4.69, 9.17) is 14.6 Å². The number of carbonyl (C=O) groups is 1. The van der Waals surface area contributed by atoms with Gasteiger partial charge in [0.05, 0.1) is 19.1 Å². The number of nitrogens with one attached hydrogen (secondary N) is 2. The molecule has 0 heterocycles. The zero-order valence-corrected chi connectivity index (χ0v) is 16.6. The van der Waals surface area contributed by atoms with E-state index in [2.05, 4.69) is 10.6 Å². The molecule has 0 fully saturated rings. The Morgan fingerprint density at radius 3 is 2.34 bits per heavy atom. The van der Waals surface area contributed by atoms with E-state index < -0.39 is 15.9 Å². The number of anilines is 1. The van der Waals surface area contributed by atoms with Crippen molar-refractivity contribution in [2.24, 2.45) is 5.14 Å². The number of ether oxygens (including phenoxy) is 2. The molecule has 0 aliphatic carbocycles. The largest absolute Gasteiger partial charge is 0.493 e. The Hall–Kier alpha value is -3.55. The summed E-state index contributed by atoms with van der Waals surface area (Å²) in [7, 11) is -0.777. The predicted octanol–water partition coefficient (Wildman–Crippen LogP) is 1.49. The van der Waals surface area contributed by atoms with Crippen LogP contribution in [0.4, 0.5) is 5.69 Å². The number of nitrogens with two attached hydrogens (primary N) is 1. The van der Waals surface area contributed by atoms with Crippen LogP contribution in [-0.2, 0) is 21.4 Å². The highest BCUT2D eigenvalue weighted by Gasteiger charge is 2.12. The second-order valence-electron chi connectivity index (χ2n) is 5.76. The van der Waals surface area contributed by atoms with Gasteiger partial charge in [-0.3, -0.25) is 4.79 Å². The van der Waals surface area contributed by atoms with Crippen LogP contribution in [0.5, 0.6) is 11.5 Å². The van der Waals surface area contributed by atoms with Gasteiger partial charge in [-0.2, -0.15) is 5.26 Å². The highest BCUT2D eigenvalue weighted by Crippen LogP contribution is 2.29. The van der Waals surface area contributed by atoms with Crippen molar-refractivity contribution in [1.29, 1.82) is 5.26 Å². The zero-order valence-electron chi connectivity index (χ0n) is 15.8. The van der Waals surface area contributed by atoms with Gasteiger partial charge in [0.15, 0.2) is 11.5 Å². The van der Waals surface area contributed by atoms with Gasteiger partial charge >= 0.3 is 0 Å². The fraction of sp³-hybridized carbons (Fsp3) is 0.158. The lowest BCUT2D eigenvalue weighted by Crippen LogP contribution is -2.17. The molecule has 0 aliphatic heterocycles. The van der Waals surface area contributed by atoms with Crippen molar-refractivity contribution in [2.75, 3.05) is 19.5 Å². The first-order valence-electron chi connectivity index (χ1n) is 8.27. The number of primary sulfonamides is 1. The lowest BCUT2D eigenvalue weighted by Gasteiger charge is -2.10. The van der Waals surface area contributed by atoms with Crippen LogP contribution in [-0.4, -0.2) is 28.5 Å². The lowest BCUT2D eigenvalue weighted by molar-refractivity contribution is -0.112. The van der Waals surface area contributed by atoms with E-state index in [0.29, 0.717) is 17.2 Å². The molecule has 152 valence electrons. The average molecular weight is 416 g/mol. The van der Waals surface area contributed by atoms with Gasteiger partial charge in [0.25, 0.3) is 5.91 Å². The quantitative estimate of drug-likeness (QED) is 0.437. The Kier molecular flexibility index (Phi) is 7.19. The van der Waals surface area contributed by atoms with Crippen LogP contribution in [0.15, 0.2) is 59.1 Å². The number of rotatable bonds is 8. The molecule has 0 saturated carbocycles. The van der Waals surface area contributed by atoms with Crippen LogP contribution in [0, 0.1) is 11.3 Å². The first-order chi connectivity index (χ1) is 13.8. The van der Waals surface area contributed by atoms with Crippen molar-refractivity contribution < 1.29 is 22.7 Å². The van der Waals surface area contributed by atoms with E-state index in [1.807, 2.05) is 6.07 Å². The van der Waals surface area contributed by atoms with Gasteiger partial charge in [-0.25, -0.2) is 13.6 Å². The number of hydrogen-bond acceptors (Lipinski definition) is 7. The summed E-state index contributed by atoms with van der Waals surface area (Å²) in [6, 6.07) is 12.6. The fourth-order valence-corrected chi connectivity index (χ4v) is 2.84. The summed E-state index contributed by atoms with van der Waals surface area (Å²) in [4.78, 5) is 12.3. The summed E-state index contributed by atoms with van der Waals surface area (Å²) in [5.74, 6) is 0.349. The van der Waals surface area contributed by atoms with Crippen molar-refractivity contribution in [3.8, 4) is 17.6 Å². The Labute approximate surface area is 168 Å². The Balaban J connectivity index is 2.02. The molecular weight excluding hydrogens is 396 g/mol. The third-order valence-electron chi connectivity index (χ3n) is 3.81. The third kappa shape index (κ3) is 5.97. The van der Waals surface area contributed by atoms with Crippen molar-refractivity contribution >= 4 is 21.6 Å². The van der Waals surface area contributed by atoms with Crippen molar-refractivity contribution in [1.82, 2.24) is 5.32 Å². The van der Waals surface area contributed by atoms with Gasteiger partial charge in [0.2, 0.25) is 10.0 Å². The number of nitriles is 1. The van der Waals surface area contributed by atoms with E-state index in [-0.39, 0.29) is 17.0 Å². The number of nitrogens with zero attached hydrogens (tertiary/aromatic N) is 1. The smallest absolute Gasteiger partial charge is 0.267 e. The molecule has 0 unspecified atom stereocenters. The molecule has 9 nitrogen and oxygen atoms in total. The molecule has 0 aliphatic rings. The molecule has 0 aromatic heterocycles. The highest BCUT2D eigenvalue weighted by molar-refractivity contribution is 7.89. The van der Waals surface area contributed by atoms with Crippen molar-refractivity contribution in [3.63, 3.8) is 0 Å². The molecule has 2 aromatic rings. The van der Waals surface area contributed by atoms with Gasteiger partial charge in [-0.05, 0) is 29.8 Å². The molecule has 1 amide bonds. The van der Waals surface area contributed by atoms with Gasteiger partial charge in [0, 0.05) is 24.5 Å². The number of carbonyl (C=O) groups excluding carboxylic acids is 1. The van der Waals surface area contributed by atoms with Crippen LogP contribution in [0.1, 0.15) is 5.56 Å². The molecule has 0 bridgehead atoms. The minimum absolute atomic E-state index is 0.00352. The molecule has 4 N–H and O–H groups in total. The molecule has 10 heteroatoms. The average Bonchev–Trinajstić information content (AvgIpc) is 2.70. The summed E-state index contributed by atoms with van der Waals surface area (Å²) in [6.45, 7) is 0.277. The predicted molar refractivity (Wildman–Crippen MR) is 107 cm³/mol. The maximum absolute atomic E-state index is 12.3. The van der Waals surface area contributed by atoms with E-state index >= 15 is 0 Å². The minimum Gasteiger partial charge on any atom is -0.493 e. The summed E-state index contributed by atoms with van der Waals surface area (Å²) in [5, 5.41) is 19.7. The van der Waals surface area contributed by atoms with Gasteiger partial charge in [0.1, 0.15) is 11.6 Å². The van der Waals surface area contributed by atoms with Crippen LogP contribution >= 0.6 is 0 Å². The van der Waals surface area contributed by atoms with Crippen LogP contribution in [0.25, 0.3) is 0 Å². The van der Waals surface area contributed by atoms with E-state index in [9.17, 15) is 18.5 Å². The second-order valence-corrected chi connectivity index (χ2v) is 7.32. The summed E-state index contributed by atoms with van der Waals surface area (Å²) in [6.07, 6.45) is 1.28. The van der Waals surface area contributed by atoms with E-state index in [1.54, 1.807) is 30.3 Å². The summed E-state index contributed by atoms with van der Waals surface area (Å²) >= 11 is 0. The first kappa shape index (κ1) is 21.7. The van der Waals surface area contributed by atoms with E-state index in [1.165, 1.54) is 32.6 Å². The second kappa shape index (κ2) is 9.59. The van der Waals surface area contributed by atoms with Gasteiger partial charge in [-0.1, -0.05) is 12.1 Å². The SMILES string of the molecule is COc1ccc(NC(=O)/C(C#N)=C\NCc2ccc(S(N)(=O)=O)cc2)cc1OC.